The predicted molar refractivity (Wildman–Crippen MR) is 106 cm³/mol. The van der Waals surface area contributed by atoms with Crippen molar-refractivity contribution in [3.8, 4) is 11.1 Å². The largest absolute Gasteiger partial charge is 0.321 e. The van der Waals surface area contributed by atoms with Gasteiger partial charge in [-0.25, -0.2) is 0 Å². The summed E-state index contributed by atoms with van der Waals surface area (Å²) in [5.41, 5.74) is 6.64. The second-order valence-corrected chi connectivity index (χ2v) is 5.98. The Hall–Kier alpha value is -2.86. The van der Waals surface area contributed by atoms with E-state index in [1.165, 1.54) is 4.68 Å². The van der Waals surface area contributed by atoms with Crippen LogP contribution in [-0.4, -0.2) is 23.2 Å². The van der Waals surface area contributed by atoms with Crippen molar-refractivity contribution in [1.82, 2.24) is 15.2 Å². The fourth-order valence-electron chi connectivity index (χ4n) is 2.38. The standard InChI is InChI=1S/C19H22ClN5O/c1-5-14(3)12-24(6-2)18-17(15-7-9-16(20)10-8-15)11-22-25(13-26)19(18)23-21-4/h6-13,21H,2,5H2,1,3-4H3/b14-12+,23-19-. The molecule has 0 saturated carbocycles. The van der Waals surface area contributed by atoms with Crippen LogP contribution in [0, 0.1) is 0 Å². The summed E-state index contributed by atoms with van der Waals surface area (Å²) in [6, 6.07) is 7.41. The van der Waals surface area contributed by atoms with Gasteiger partial charge in [-0.15, -0.1) is 0 Å². The Bertz CT molecular complexity index is 884. The molecule has 0 bridgehead atoms. The van der Waals surface area contributed by atoms with Gasteiger partial charge in [0.25, 0.3) is 0 Å². The first-order valence-electron chi connectivity index (χ1n) is 8.17. The number of hydrogen-bond donors (Lipinski definition) is 1. The van der Waals surface area contributed by atoms with E-state index in [0.717, 1.165) is 23.1 Å². The maximum Gasteiger partial charge on any atom is 0.236 e. The average molecular weight is 372 g/mol. The van der Waals surface area contributed by atoms with Gasteiger partial charge in [-0.2, -0.15) is 14.9 Å². The van der Waals surface area contributed by atoms with E-state index >= 15 is 0 Å². The number of anilines is 1. The third-order valence-electron chi connectivity index (χ3n) is 3.84. The highest BCUT2D eigenvalue weighted by molar-refractivity contribution is 6.30. The highest BCUT2D eigenvalue weighted by atomic mass is 35.5. The normalized spacial score (nSPS) is 12.0. The number of hydrogen-bond acceptors (Lipinski definition) is 5. The summed E-state index contributed by atoms with van der Waals surface area (Å²) in [4.78, 5) is 13.3. The summed E-state index contributed by atoms with van der Waals surface area (Å²) >= 11 is 6.01. The van der Waals surface area contributed by atoms with Gasteiger partial charge in [-0.05, 0) is 31.0 Å². The van der Waals surface area contributed by atoms with Crippen molar-refractivity contribution in [2.24, 2.45) is 5.10 Å². The topological polar surface area (TPSA) is 62.5 Å². The van der Waals surface area contributed by atoms with Crippen LogP contribution in [0.4, 0.5) is 5.69 Å². The van der Waals surface area contributed by atoms with Gasteiger partial charge in [0.15, 0.2) is 0 Å². The summed E-state index contributed by atoms with van der Waals surface area (Å²) in [6.07, 6.45) is 6.78. The van der Waals surface area contributed by atoms with Crippen LogP contribution < -0.4 is 15.8 Å². The lowest BCUT2D eigenvalue weighted by Gasteiger charge is -2.21. The second-order valence-electron chi connectivity index (χ2n) is 5.54. The number of halogens is 1. The summed E-state index contributed by atoms with van der Waals surface area (Å²) in [5.74, 6) is 0. The van der Waals surface area contributed by atoms with Gasteiger partial charge in [0.1, 0.15) is 5.69 Å². The molecule has 0 amide bonds. The molecule has 0 spiro atoms. The van der Waals surface area contributed by atoms with Crippen LogP contribution in [0.2, 0.25) is 5.02 Å². The van der Waals surface area contributed by atoms with Crippen molar-refractivity contribution < 1.29 is 4.79 Å². The first kappa shape index (κ1) is 19.5. The summed E-state index contributed by atoms with van der Waals surface area (Å²) < 4.78 is 1.18. The van der Waals surface area contributed by atoms with Gasteiger partial charge in [0, 0.05) is 30.0 Å². The number of benzene rings is 1. The van der Waals surface area contributed by atoms with E-state index in [4.69, 9.17) is 11.6 Å². The molecule has 0 radical (unpaired) electrons. The van der Waals surface area contributed by atoms with Gasteiger partial charge < -0.3 is 10.3 Å². The Morgan fingerprint density at radius 2 is 2.12 bits per heavy atom. The molecule has 1 aromatic heterocycles. The number of nitrogens with one attached hydrogen (secondary N) is 1. The Kier molecular flexibility index (Phi) is 6.74. The Labute approximate surface area is 158 Å². The molecule has 1 heterocycles. The van der Waals surface area contributed by atoms with E-state index in [9.17, 15) is 4.79 Å². The molecule has 6 nitrogen and oxygen atoms in total. The zero-order valence-electron chi connectivity index (χ0n) is 15.1. The molecule has 0 aliphatic rings. The van der Waals surface area contributed by atoms with Crippen molar-refractivity contribution in [1.29, 1.82) is 0 Å². The molecular formula is C19H22ClN5O. The van der Waals surface area contributed by atoms with E-state index < -0.39 is 0 Å². The van der Waals surface area contributed by atoms with E-state index in [2.05, 4.69) is 29.1 Å². The lowest BCUT2D eigenvalue weighted by molar-refractivity contribution is 0.534. The summed E-state index contributed by atoms with van der Waals surface area (Å²) in [5, 5.41) is 9.09. The highest BCUT2D eigenvalue weighted by Gasteiger charge is 2.16. The van der Waals surface area contributed by atoms with E-state index in [1.807, 2.05) is 42.3 Å². The van der Waals surface area contributed by atoms with Crippen molar-refractivity contribution >= 4 is 23.7 Å². The molecule has 1 aromatic carbocycles. The molecule has 7 heteroatoms. The molecular weight excluding hydrogens is 350 g/mol. The van der Waals surface area contributed by atoms with Crippen LogP contribution in [0.5, 0.6) is 0 Å². The second kappa shape index (κ2) is 9.01. The zero-order chi connectivity index (χ0) is 19.1. The first-order valence-corrected chi connectivity index (χ1v) is 8.55. The van der Waals surface area contributed by atoms with Crippen LogP contribution in [0.3, 0.4) is 0 Å². The molecule has 0 aliphatic carbocycles. The molecule has 1 N–H and O–H groups in total. The highest BCUT2D eigenvalue weighted by Crippen LogP contribution is 2.29. The molecule has 2 aromatic rings. The molecule has 0 atom stereocenters. The van der Waals surface area contributed by atoms with Gasteiger partial charge in [0.2, 0.25) is 11.9 Å². The number of rotatable bonds is 7. The number of carbonyl (C=O) groups excluding carboxylic acids is 1. The maximum atomic E-state index is 11.5. The predicted octanol–water partition coefficient (Wildman–Crippen LogP) is 3.54. The minimum absolute atomic E-state index is 0.370. The first-order chi connectivity index (χ1) is 12.5. The van der Waals surface area contributed by atoms with Crippen LogP contribution in [0.15, 0.2) is 60.1 Å². The SMILES string of the molecule is C=CN(/C=C(\C)CC)c1c(-c2ccc(Cl)cc2)cnn(C=O)/c1=N\NC. The van der Waals surface area contributed by atoms with Crippen LogP contribution in [0.25, 0.3) is 11.1 Å². The monoisotopic (exact) mass is 371 g/mol. The average Bonchev–Trinajstić information content (AvgIpc) is 2.66. The summed E-state index contributed by atoms with van der Waals surface area (Å²) in [7, 11) is 1.67. The minimum atomic E-state index is 0.370. The van der Waals surface area contributed by atoms with E-state index in [-0.39, 0.29) is 0 Å². The number of nitrogens with zero attached hydrogens (tertiary/aromatic N) is 4. The fraction of sp³-hybridized carbons (Fsp3) is 0.211. The zero-order valence-corrected chi connectivity index (χ0v) is 15.9. The smallest absolute Gasteiger partial charge is 0.236 e. The van der Waals surface area contributed by atoms with Crippen LogP contribution >= 0.6 is 11.6 Å². The Balaban J connectivity index is 2.86. The summed E-state index contributed by atoms with van der Waals surface area (Å²) in [6.45, 7) is 8.01. The fourth-order valence-corrected chi connectivity index (χ4v) is 2.51. The molecule has 136 valence electrons. The Morgan fingerprint density at radius 3 is 2.65 bits per heavy atom. The lowest BCUT2D eigenvalue weighted by Crippen LogP contribution is -2.31. The molecule has 0 saturated heterocycles. The van der Waals surface area contributed by atoms with Gasteiger partial charge >= 0.3 is 0 Å². The van der Waals surface area contributed by atoms with Crippen molar-refractivity contribution in [2.45, 2.75) is 20.3 Å². The Morgan fingerprint density at radius 1 is 1.42 bits per heavy atom. The van der Waals surface area contributed by atoms with Crippen molar-refractivity contribution in [3.05, 3.63) is 65.5 Å². The third kappa shape index (κ3) is 4.21. The molecule has 0 unspecified atom stereocenters. The van der Waals surface area contributed by atoms with Gasteiger partial charge in [-0.1, -0.05) is 42.8 Å². The maximum absolute atomic E-state index is 11.5. The number of carbonyl (C=O) groups is 1. The molecule has 0 fully saturated rings. The van der Waals surface area contributed by atoms with Gasteiger partial charge in [0.05, 0.1) is 6.20 Å². The quantitative estimate of drug-likeness (QED) is 0.597. The lowest BCUT2D eigenvalue weighted by atomic mass is 10.1. The minimum Gasteiger partial charge on any atom is -0.321 e. The number of allylic oxidation sites excluding steroid dienone is 1. The molecule has 0 aliphatic heterocycles. The molecule has 2 rings (SSSR count). The van der Waals surface area contributed by atoms with Crippen LogP contribution in [-0.2, 0) is 4.79 Å². The number of aromatic nitrogens is 2. The van der Waals surface area contributed by atoms with Crippen LogP contribution in [0.1, 0.15) is 20.3 Å². The van der Waals surface area contributed by atoms with Crippen molar-refractivity contribution in [2.75, 3.05) is 11.9 Å². The van der Waals surface area contributed by atoms with E-state index in [1.54, 1.807) is 19.4 Å². The molecule has 26 heavy (non-hydrogen) atoms. The van der Waals surface area contributed by atoms with Crippen molar-refractivity contribution in [3.63, 3.8) is 0 Å². The van der Waals surface area contributed by atoms with E-state index in [0.29, 0.717) is 22.6 Å². The third-order valence-corrected chi connectivity index (χ3v) is 4.09. The van der Waals surface area contributed by atoms with Gasteiger partial charge in [-0.3, -0.25) is 4.79 Å².